The van der Waals surface area contributed by atoms with Crippen LogP contribution < -0.4 is 21.7 Å². The Morgan fingerprint density at radius 3 is 2.38 bits per heavy atom. The molecule has 0 fully saturated rings. The number of nitrogens with two attached hydrogens (primary N) is 1. The summed E-state index contributed by atoms with van der Waals surface area (Å²) in [4.78, 5) is 44.9. The predicted octanol–water partition coefficient (Wildman–Crippen LogP) is -1.90. The van der Waals surface area contributed by atoms with Crippen LogP contribution in [0, 0.1) is 0 Å². The second-order valence-electron chi connectivity index (χ2n) is 4.56. The van der Waals surface area contributed by atoms with Gasteiger partial charge in [0.05, 0.1) is 0 Å². The number of hydrogen-bond donors (Lipinski definition) is 6. The second-order valence-corrected chi connectivity index (χ2v) is 6.26. The highest BCUT2D eigenvalue weighted by Crippen LogP contribution is 2.06. The van der Waals surface area contributed by atoms with Crippen molar-refractivity contribution < 1.29 is 29.4 Å². The highest BCUT2D eigenvalue weighted by Gasteiger charge is 2.22. The first-order valence-corrected chi connectivity index (χ1v) is 8.18. The van der Waals surface area contributed by atoms with Crippen LogP contribution in [0.4, 0.5) is 0 Å². The van der Waals surface area contributed by atoms with E-state index in [0.29, 0.717) is 4.32 Å². The zero-order valence-corrected chi connectivity index (χ0v) is 14.5. The number of nitrogens with one attached hydrogen (secondary N) is 3. The number of carboxylic acid groups (broad SMARTS) is 2. The summed E-state index contributed by atoms with van der Waals surface area (Å²) < 4.78 is 0.396. The summed E-state index contributed by atoms with van der Waals surface area (Å²) >= 11 is 6.02. The minimum atomic E-state index is -1.23. The standard InChI is InChI=1S/C12H20N4O6S2/c1-14-12(23)24-5-7(10(20)15-4-9(18)19)16-8(17)3-2-6(13)11(21)22/h6-7H,2-5,13H2,1H3,(H,14,23)(H,15,20)(H,16,17)(H,18,19)(H,21,22). The van der Waals surface area contributed by atoms with Crippen LogP contribution in [0.5, 0.6) is 0 Å². The Hall–Kier alpha value is -1.92. The number of thiocarbonyl (C=S) groups is 1. The van der Waals surface area contributed by atoms with Gasteiger partial charge in [0.25, 0.3) is 0 Å². The summed E-state index contributed by atoms with van der Waals surface area (Å²) in [6, 6.07) is -2.20. The molecule has 0 aliphatic heterocycles. The van der Waals surface area contributed by atoms with Gasteiger partial charge in [-0.1, -0.05) is 24.0 Å². The van der Waals surface area contributed by atoms with Gasteiger partial charge < -0.3 is 31.9 Å². The first-order valence-electron chi connectivity index (χ1n) is 6.79. The Morgan fingerprint density at radius 2 is 1.88 bits per heavy atom. The van der Waals surface area contributed by atoms with Crippen LogP contribution in [0.25, 0.3) is 0 Å². The third kappa shape index (κ3) is 9.97. The summed E-state index contributed by atoms with van der Waals surface area (Å²) in [7, 11) is 1.60. The molecule has 7 N–H and O–H groups in total. The Bertz CT molecular complexity index is 502. The van der Waals surface area contributed by atoms with Crippen LogP contribution in [-0.4, -0.2) is 69.7 Å². The topological polar surface area (TPSA) is 171 Å². The lowest BCUT2D eigenvalue weighted by atomic mass is 10.1. The lowest BCUT2D eigenvalue weighted by Gasteiger charge is -2.18. The molecule has 12 heteroatoms. The van der Waals surface area contributed by atoms with Crippen LogP contribution in [0.2, 0.25) is 0 Å². The van der Waals surface area contributed by atoms with Crippen molar-refractivity contribution in [3.63, 3.8) is 0 Å². The minimum Gasteiger partial charge on any atom is -0.480 e. The summed E-state index contributed by atoms with van der Waals surface area (Å²) in [6.07, 6.45) is -0.274. The van der Waals surface area contributed by atoms with Crippen LogP contribution in [0.3, 0.4) is 0 Å². The van der Waals surface area contributed by atoms with Gasteiger partial charge in [-0.25, -0.2) is 0 Å². The van der Waals surface area contributed by atoms with Crippen LogP contribution in [0.15, 0.2) is 0 Å². The summed E-state index contributed by atoms with van der Waals surface area (Å²) in [6.45, 7) is -0.587. The van der Waals surface area contributed by atoms with Crippen molar-refractivity contribution in [3.05, 3.63) is 0 Å². The molecule has 0 bridgehead atoms. The molecule has 2 atom stereocenters. The van der Waals surface area contributed by atoms with Gasteiger partial charge in [0.1, 0.15) is 22.9 Å². The number of carbonyl (C=O) groups excluding carboxylic acids is 2. The van der Waals surface area contributed by atoms with Crippen molar-refractivity contribution in [3.8, 4) is 0 Å². The molecular formula is C12H20N4O6S2. The number of hydrogen-bond acceptors (Lipinski definition) is 7. The smallest absolute Gasteiger partial charge is 0.322 e. The van der Waals surface area contributed by atoms with E-state index < -0.39 is 42.4 Å². The highest BCUT2D eigenvalue weighted by atomic mass is 32.2. The number of amides is 2. The molecule has 0 rings (SSSR count). The van der Waals surface area contributed by atoms with Crippen molar-refractivity contribution in [2.75, 3.05) is 19.3 Å². The molecule has 2 amide bonds. The fourth-order valence-corrected chi connectivity index (χ4v) is 2.28. The van der Waals surface area contributed by atoms with Crippen molar-refractivity contribution in [1.82, 2.24) is 16.0 Å². The number of aliphatic carboxylic acids is 2. The van der Waals surface area contributed by atoms with Crippen molar-refractivity contribution in [2.45, 2.75) is 24.9 Å². The van der Waals surface area contributed by atoms with E-state index in [-0.39, 0.29) is 18.6 Å². The maximum absolute atomic E-state index is 11.9. The van der Waals surface area contributed by atoms with Gasteiger partial charge in [-0.2, -0.15) is 0 Å². The van der Waals surface area contributed by atoms with E-state index in [2.05, 4.69) is 16.0 Å². The Kier molecular flexibility index (Phi) is 10.7. The lowest BCUT2D eigenvalue weighted by Crippen LogP contribution is -2.49. The van der Waals surface area contributed by atoms with Gasteiger partial charge in [0.2, 0.25) is 11.8 Å². The minimum absolute atomic E-state index is 0.0852. The van der Waals surface area contributed by atoms with Gasteiger partial charge in [0.15, 0.2) is 0 Å². The number of carbonyl (C=O) groups is 4. The van der Waals surface area contributed by atoms with E-state index in [0.717, 1.165) is 11.8 Å². The fraction of sp³-hybridized carbons (Fsp3) is 0.583. The number of carboxylic acids is 2. The maximum atomic E-state index is 11.9. The molecular weight excluding hydrogens is 360 g/mol. The first-order chi connectivity index (χ1) is 11.2. The van der Waals surface area contributed by atoms with E-state index in [1.165, 1.54) is 0 Å². The molecule has 0 aromatic rings. The van der Waals surface area contributed by atoms with E-state index in [4.69, 9.17) is 28.2 Å². The molecule has 24 heavy (non-hydrogen) atoms. The molecule has 0 saturated heterocycles. The lowest BCUT2D eigenvalue weighted by molar-refractivity contribution is -0.139. The molecule has 0 heterocycles. The van der Waals surface area contributed by atoms with Crippen LogP contribution in [0.1, 0.15) is 12.8 Å². The zero-order chi connectivity index (χ0) is 18.7. The molecule has 10 nitrogen and oxygen atoms in total. The molecule has 0 aromatic carbocycles. The highest BCUT2D eigenvalue weighted by molar-refractivity contribution is 8.23. The number of thioether (sulfide) groups is 1. The average molecular weight is 380 g/mol. The van der Waals surface area contributed by atoms with Gasteiger partial charge in [0, 0.05) is 19.2 Å². The molecule has 0 radical (unpaired) electrons. The van der Waals surface area contributed by atoms with E-state index in [1.54, 1.807) is 7.05 Å². The first kappa shape index (κ1) is 22.1. The Morgan fingerprint density at radius 1 is 1.25 bits per heavy atom. The van der Waals surface area contributed by atoms with E-state index in [1.807, 2.05) is 0 Å². The van der Waals surface area contributed by atoms with E-state index >= 15 is 0 Å². The van der Waals surface area contributed by atoms with Gasteiger partial charge in [-0.15, -0.1) is 0 Å². The largest absolute Gasteiger partial charge is 0.480 e. The van der Waals surface area contributed by atoms with Gasteiger partial charge >= 0.3 is 11.9 Å². The number of rotatable bonds is 10. The van der Waals surface area contributed by atoms with Gasteiger partial charge in [-0.3, -0.25) is 19.2 Å². The van der Waals surface area contributed by atoms with Crippen molar-refractivity contribution in [2.24, 2.45) is 5.73 Å². The molecule has 2 unspecified atom stereocenters. The quantitative estimate of drug-likeness (QED) is 0.235. The van der Waals surface area contributed by atoms with E-state index in [9.17, 15) is 19.2 Å². The van der Waals surface area contributed by atoms with Gasteiger partial charge in [-0.05, 0) is 6.42 Å². The Balaban J connectivity index is 4.63. The molecule has 136 valence electrons. The molecule has 0 aliphatic carbocycles. The predicted molar refractivity (Wildman–Crippen MR) is 91.5 cm³/mol. The van der Waals surface area contributed by atoms with Crippen molar-refractivity contribution >= 4 is 52.1 Å². The summed E-state index contributed by atoms with van der Waals surface area (Å²) in [5, 5.41) is 24.5. The van der Waals surface area contributed by atoms with Crippen LogP contribution in [-0.2, 0) is 19.2 Å². The molecule has 0 spiro atoms. The summed E-state index contributed by atoms with van der Waals surface area (Å²) in [5.74, 6) is -3.62. The summed E-state index contributed by atoms with van der Waals surface area (Å²) in [5.41, 5.74) is 5.30. The maximum Gasteiger partial charge on any atom is 0.322 e. The third-order valence-electron chi connectivity index (χ3n) is 2.65. The SMILES string of the molecule is CNC(=S)SCC(NC(=O)CCC(N)C(=O)O)C(=O)NCC(=O)O. The normalized spacial score (nSPS) is 12.6. The Labute approximate surface area is 147 Å². The van der Waals surface area contributed by atoms with Crippen LogP contribution >= 0.6 is 24.0 Å². The molecule has 0 aromatic heterocycles. The second kappa shape index (κ2) is 11.6. The molecule has 0 saturated carbocycles. The molecule has 0 aliphatic rings. The monoisotopic (exact) mass is 380 g/mol. The fourth-order valence-electron chi connectivity index (χ4n) is 1.38. The average Bonchev–Trinajstić information content (AvgIpc) is 2.53. The third-order valence-corrected chi connectivity index (χ3v) is 4.17. The van der Waals surface area contributed by atoms with Crippen molar-refractivity contribution in [1.29, 1.82) is 0 Å². The zero-order valence-electron chi connectivity index (χ0n) is 12.9.